The highest BCUT2D eigenvalue weighted by Gasteiger charge is 2.31. The number of aromatic nitrogens is 4. The van der Waals surface area contributed by atoms with Crippen molar-refractivity contribution in [3.63, 3.8) is 0 Å². The summed E-state index contributed by atoms with van der Waals surface area (Å²) >= 11 is 1.51. The lowest BCUT2D eigenvalue weighted by Crippen LogP contribution is -2.17. The maximum atomic E-state index is 12.4. The van der Waals surface area contributed by atoms with Gasteiger partial charge in [0.05, 0.1) is 16.7 Å². The van der Waals surface area contributed by atoms with Crippen LogP contribution < -0.4 is 5.32 Å². The highest BCUT2D eigenvalue weighted by atomic mass is 32.2. The quantitative estimate of drug-likeness (QED) is 0.709. The van der Waals surface area contributed by atoms with Crippen LogP contribution in [0.1, 0.15) is 33.5 Å². The minimum atomic E-state index is -0.134. The van der Waals surface area contributed by atoms with E-state index in [0.29, 0.717) is 17.5 Å². The molecule has 4 rings (SSSR count). The number of carbonyl (C=O) groups excluding carboxylic acids is 1. The second-order valence-corrected chi connectivity index (χ2v) is 7.64. The number of aromatic hydroxyl groups is 1. The number of anilines is 1. The molecule has 8 heteroatoms. The maximum absolute atomic E-state index is 12.4. The molecular weight excluding hydrogens is 362 g/mol. The highest BCUT2D eigenvalue weighted by molar-refractivity contribution is 8.00. The van der Waals surface area contributed by atoms with E-state index in [2.05, 4.69) is 20.4 Å². The lowest BCUT2D eigenvalue weighted by molar-refractivity contribution is -0.113. The molecule has 138 valence electrons. The first-order chi connectivity index (χ1) is 12.9. The number of phenolic OH excluding ortho intramolecular Hbond substituents is 1. The first-order valence-corrected chi connectivity index (χ1v) is 9.60. The van der Waals surface area contributed by atoms with Gasteiger partial charge in [0.2, 0.25) is 5.91 Å². The van der Waals surface area contributed by atoms with Crippen LogP contribution in [0.25, 0.3) is 5.95 Å². The fraction of sp³-hybridized carbons (Fsp3) is 0.263. The molecule has 2 N–H and O–H groups in total. The Hall–Kier alpha value is -2.87. The molecule has 3 aromatic rings. The SMILES string of the molecule is Cc1cc(C)nc(-n2nc(C)c3c2NC(=O)CS[C@@H]3c2cccc(O)c2)n1. The van der Waals surface area contributed by atoms with Crippen LogP contribution in [0, 0.1) is 20.8 Å². The summed E-state index contributed by atoms with van der Waals surface area (Å²) in [6.45, 7) is 5.71. The van der Waals surface area contributed by atoms with Crippen LogP contribution in [0.5, 0.6) is 5.75 Å². The number of hydrogen-bond donors (Lipinski definition) is 2. The maximum Gasteiger partial charge on any atom is 0.252 e. The number of carbonyl (C=O) groups is 1. The summed E-state index contributed by atoms with van der Waals surface area (Å²) in [6, 6.07) is 9.00. The van der Waals surface area contributed by atoms with E-state index in [1.165, 1.54) is 11.8 Å². The lowest BCUT2D eigenvalue weighted by Gasteiger charge is -2.15. The summed E-state index contributed by atoms with van der Waals surface area (Å²) in [6.07, 6.45) is 0. The zero-order chi connectivity index (χ0) is 19.1. The van der Waals surface area contributed by atoms with Crippen LogP contribution in [0.3, 0.4) is 0 Å². The van der Waals surface area contributed by atoms with Crippen LogP contribution in [0.2, 0.25) is 0 Å². The molecule has 1 atom stereocenters. The predicted molar refractivity (Wildman–Crippen MR) is 104 cm³/mol. The van der Waals surface area contributed by atoms with E-state index in [0.717, 1.165) is 28.2 Å². The average Bonchev–Trinajstić information content (AvgIpc) is 2.81. The summed E-state index contributed by atoms with van der Waals surface area (Å²) in [5.41, 5.74) is 4.27. The monoisotopic (exact) mass is 381 g/mol. The molecule has 0 aliphatic carbocycles. The minimum Gasteiger partial charge on any atom is -0.508 e. The molecule has 27 heavy (non-hydrogen) atoms. The van der Waals surface area contributed by atoms with Gasteiger partial charge >= 0.3 is 0 Å². The van der Waals surface area contributed by atoms with Crippen LogP contribution in [0.4, 0.5) is 5.82 Å². The normalized spacial score (nSPS) is 16.6. The van der Waals surface area contributed by atoms with Gasteiger partial charge in [-0.15, -0.1) is 11.8 Å². The van der Waals surface area contributed by atoms with Crippen molar-refractivity contribution in [2.24, 2.45) is 0 Å². The van der Waals surface area contributed by atoms with Crippen molar-refractivity contribution in [2.45, 2.75) is 26.0 Å². The molecule has 2 aromatic heterocycles. The summed E-state index contributed by atoms with van der Waals surface area (Å²) in [5.74, 6) is 1.41. The van der Waals surface area contributed by atoms with Gasteiger partial charge in [-0.25, -0.2) is 9.97 Å². The fourth-order valence-electron chi connectivity index (χ4n) is 3.28. The van der Waals surface area contributed by atoms with Crippen molar-refractivity contribution in [1.82, 2.24) is 19.7 Å². The van der Waals surface area contributed by atoms with Crippen LogP contribution in [-0.4, -0.2) is 36.5 Å². The second kappa shape index (κ2) is 6.70. The molecule has 0 unspecified atom stereocenters. The number of aryl methyl sites for hydroxylation is 3. The summed E-state index contributed by atoms with van der Waals surface area (Å²) < 4.78 is 1.60. The largest absolute Gasteiger partial charge is 0.508 e. The molecule has 1 aromatic carbocycles. The van der Waals surface area contributed by atoms with E-state index in [9.17, 15) is 9.90 Å². The summed E-state index contributed by atoms with van der Waals surface area (Å²) in [7, 11) is 0. The molecule has 0 fully saturated rings. The first-order valence-electron chi connectivity index (χ1n) is 8.55. The molecular formula is C19H19N5O2S. The lowest BCUT2D eigenvalue weighted by atomic mass is 10.0. The molecule has 0 saturated carbocycles. The van der Waals surface area contributed by atoms with Crippen molar-refractivity contribution in [3.05, 3.63) is 58.5 Å². The molecule has 1 aliphatic heterocycles. The molecule has 3 heterocycles. The minimum absolute atomic E-state index is 0.102. The highest BCUT2D eigenvalue weighted by Crippen LogP contribution is 2.44. The Morgan fingerprint density at radius 3 is 2.63 bits per heavy atom. The Labute approximate surface area is 160 Å². The van der Waals surface area contributed by atoms with Crippen molar-refractivity contribution < 1.29 is 9.90 Å². The Morgan fingerprint density at radius 2 is 1.93 bits per heavy atom. The van der Waals surface area contributed by atoms with Gasteiger partial charge in [-0.1, -0.05) is 12.1 Å². The van der Waals surface area contributed by atoms with Crippen LogP contribution in [-0.2, 0) is 4.79 Å². The van der Waals surface area contributed by atoms with Gasteiger partial charge in [0.15, 0.2) is 0 Å². The molecule has 0 bridgehead atoms. The predicted octanol–water partition coefficient (Wildman–Crippen LogP) is 3.07. The van der Waals surface area contributed by atoms with E-state index in [4.69, 9.17) is 0 Å². The third-order valence-electron chi connectivity index (χ3n) is 4.34. The Bertz CT molecular complexity index is 1030. The third-order valence-corrected chi connectivity index (χ3v) is 5.61. The molecule has 0 saturated heterocycles. The number of nitrogens with one attached hydrogen (secondary N) is 1. The number of hydrogen-bond acceptors (Lipinski definition) is 6. The Balaban J connectivity index is 1.91. The molecule has 7 nitrogen and oxygen atoms in total. The van der Waals surface area contributed by atoms with Gasteiger partial charge in [-0.2, -0.15) is 9.78 Å². The standard InChI is InChI=1S/C19H19N5O2S/c1-10-7-11(2)21-19(20-10)24-18-16(12(3)23-24)17(27-9-15(26)22-18)13-5-4-6-14(25)8-13/h4-8,17,25H,9H2,1-3H3,(H,22,26)/t17-/m1/s1. The molecule has 1 aliphatic rings. The van der Waals surface area contributed by atoms with E-state index < -0.39 is 0 Å². The number of benzene rings is 1. The topological polar surface area (TPSA) is 92.9 Å². The van der Waals surface area contributed by atoms with Crippen molar-refractivity contribution in [3.8, 4) is 11.7 Å². The van der Waals surface area contributed by atoms with E-state index in [-0.39, 0.29) is 16.9 Å². The second-order valence-electron chi connectivity index (χ2n) is 6.54. The van der Waals surface area contributed by atoms with Crippen molar-refractivity contribution >= 4 is 23.5 Å². The summed E-state index contributed by atoms with van der Waals surface area (Å²) in [4.78, 5) is 21.3. The van der Waals surface area contributed by atoms with Gasteiger partial charge in [0.25, 0.3) is 5.95 Å². The average molecular weight is 381 g/mol. The molecule has 1 amide bonds. The van der Waals surface area contributed by atoms with E-state index >= 15 is 0 Å². The number of thioether (sulfide) groups is 1. The smallest absolute Gasteiger partial charge is 0.252 e. The van der Waals surface area contributed by atoms with Gasteiger partial charge in [-0.3, -0.25) is 4.79 Å². The van der Waals surface area contributed by atoms with Crippen molar-refractivity contribution in [2.75, 3.05) is 11.1 Å². The third kappa shape index (κ3) is 3.28. The van der Waals surface area contributed by atoms with E-state index in [1.807, 2.05) is 32.9 Å². The van der Waals surface area contributed by atoms with E-state index in [1.54, 1.807) is 22.9 Å². The number of amides is 1. The van der Waals surface area contributed by atoms with Gasteiger partial charge in [-0.05, 0) is 44.5 Å². The number of phenols is 1. The van der Waals surface area contributed by atoms with Gasteiger partial charge in [0, 0.05) is 17.0 Å². The van der Waals surface area contributed by atoms with Crippen molar-refractivity contribution in [1.29, 1.82) is 0 Å². The van der Waals surface area contributed by atoms with Gasteiger partial charge in [0.1, 0.15) is 11.6 Å². The molecule has 0 radical (unpaired) electrons. The van der Waals surface area contributed by atoms with Gasteiger partial charge < -0.3 is 10.4 Å². The van der Waals surface area contributed by atoms with Crippen LogP contribution in [0.15, 0.2) is 30.3 Å². The summed E-state index contributed by atoms with van der Waals surface area (Å²) in [5, 5.41) is 17.3. The van der Waals surface area contributed by atoms with Crippen LogP contribution >= 0.6 is 11.8 Å². The zero-order valence-electron chi connectivity index (χ0n) is 15.2. The molecule has 0 spiro atoms. The number of fused-ring (bicyclic) bond motifs is 1. The number of rotatable bonds is 2. The zero-order valence-corrected chi connectivity index (χ0v) is 16.0. The first kappa shape index (κ1) is 17.5. The number of nitrogens with zero attached hydrogens (tertiary/aromatic N) is 4. The Morgan fingerprint density at radius 1 is 1.19 bits per heavy atom. The fourth-order valence-corrected chi connectivity index (χ4v) is 4.46. The Kier molecular flexibility index (Phi) is 4.35.